The van der Waals surface area contributed by atoms with Crippen LogP contribution in [0.3, 0.4) is 0 Å². The summed E-state index contributed by atoms with van der Waals surface area (Å²) in [5.41, 5.74) is 3.86. The molecule has 0 N–H and O–H groups in total. The Kier molecular flexibility index (Phi) is 6.10. The van der Waals surface area contributed by atoms with Crippen LogP contribution in [0.5, 0.6) is 23.0 Å². The second-order valence-corrected chi connectivity index (χ2v) is 11.5. The Hall–Kier alpha value is -5.94. The molecule has 8 aromatic rings. The van der Waals surface area contributed by atoms with Crippen molar-refractivity contribution in [2.24, 2.45) is 0 Å². The summed E-state index contributed by atoms with van der Waals surface area (Å²) in [5.74, 6) is 2.79. The smallest absolute Gasteiger partial charge is 0.496 e. The first-order chi connectivity index (χ1) is 22.8. The molecule has 8 aromatic carbocycles. The van der Waals surface area contributed by atoms with Gasteiger partial charge in [0.25, 0.3) is 0 Å². The second kappa shape index (κ2) is 10.6. The summed E-state index contributed by atoms with van der Waals surface area (Å²) in [6.07, 6.45) is 0. The molecule has 9 rings (SSSR count). The van der Waals surface area contributed by atoms with Crippen LogP contribution < -0.4 is 18.7 Å². The predicted octanol–water partition coefficient (Wildman–Crippen LogP) is 10.5. The van der Waals surface area contributed by atoms with Crippen molar-refractivity contribution in [1.29, 1.82) is 0 Å². The highest BCUT2D eigenvalue weighted by Crippen LogP contribution is 2.49. The van der Waals surface area contributed by atoms with Crippen LogP contribution in [0.25, 0.3) is 65.3 Å². The summed E-state index contributed by atoms with van der Waals surface area (Å²) in [5, 5.41) is 8.76. The zero-order chi connectivity index (χ0) is 30.6. The van der Waals surface area contributed by atoms with Crippen LogP contribution in [0.1, 0.15) is 0 Å². The van der Waals surface area contributed by atoms with Crippen molar-refractivity contribution >= 4 is 50.4 Å². The fourth-order valence-electron chi connectivity index (χ4n) is 6.89. The van der Waals surface area contributed by atoms with Crippen LogP contribution in [0.4, 0.5) is 0 Å². The van der Waals surface area contributed by atoms with E-state index in [9.17, 15) is 0 Å². The summed E-state index contributed by atoms with van der Waals surface area (Å²) in [4.78, 5) is 0. The Morgan fingerprint density at radius 2 is 0.761 bits per heavy atom. The highest BCUT2D eigenvalue weighted by Gasteiger charge is 2.37. The van der Waals surface area contributed by atoms with Crippen molar-refractivity contribution in [3.63, 3.8) is 0 Å². The molecule has 218 valence electrons. The number of methoxy groups -OCH3 is 1. The minimum atomic E-state index is -1.07. The maximum Gasteiger partial charge on any atom is 0.864 e. The van der Waals surface area contributed by atoms with Gasteiger partial charge in [0.05, 0.1) is 7.11 Å². The van der Waals surface area contributed by atoms with Gasteiger partial charge in [0.1, 0.15) is 23.0 Å². The molecule has 0 amide bonds. The van der Waals surface area contributed by atoms with E-state index >= 15 is 0 Å². The van der Waals surface area contributed by atoms with E-state index in [0.29, 0.717) is 17.2 Å². The molecule has 1 aliphatic rings. The van der Waals surface area contributed by atoms with E-state index in [1.54, 1.807) is 7.11 Å². The third kappa shape index (κ3) is 4.16. The number of hydrogen-bond donors (Lipinski definition) is 0. The number of ether oxygens (including phenoxy) is 1. The normalized spacial score (nSPS) is 12.3. The van der Waals surface area contributed by atoms with Crippen LogP contribution in [0.2, 0.25) is 0 Å². The third-order valence-electron chi connectivity index (χ3n) is 8.95. The first kappa shape index (κ1) is 26.5. The highest BCUT2D eigenvalue weighted by molar-refractivity contribution is 6.41. The summed E-state index contributed by atoms with van der Waals surface area (Å²) >= 11 is 0. The molecule has 5 heteroatoms. The lowest BCUT2D eigenvalue weighted by Crippen LogP contribution is -2.36. The van der Waals surface area contributed by atoms with Gasteiger partial charge in [-0.25, -0.2) is 0 Å². The maximum absolute atomic E-state index is 6.82. The summed E-state index contributed by atoms with van der Waals surface area (Å²) in [6.45, 7) is 0. The zero-order valence-corrected chi connectivity index (χ0v) is 25.1. The lowest BCUT2D eigenvalue weighted by molar-refractivity contribution is 0.313. The average Bonchev–Trinajstić information content (AvgIpc) is 3.28. The second-order valence-electron chi connectivity index (χ2n) is 11.5. The Balaban J connectivity index is 1.27. The van der Waals surface area contributed by atoms with E-state index < -0.39 is 7.32 Å². The van der Waals surface area contributed by atoms with Gasteiger partial charge in [-0.1, -0.05) is 121 Å². The maximum atomic E-state index is 6.82. The van der Waals surface area contributed by atoms with Gasteiger partial charge < -0.3 is 18.7 Å². The van der Waals surface area contributed by atoms with Gasteiger partial charge in [0.15, 0.2) is 0 Å². The Labute approximate surface area is 266 Å². The average molecular weight is 594 g/mol. The molecule has 0 atom stereocenters. The first-order valence-electron chi connectivity index (χ1n) is 15.4. The monoisotopic (exact) mass is 594 g/mol. The van der Waals surface area contributed by atoms with Gasteiger partial charge in [-0.2, -0.15) is 0 Å². The zero-order valence-electron chi connectivity index (χ0n) is 25.1. The van der Waals surface area contributed by atoms with Gasteiger partial charge >= 0.3 is 7.32 Å². The van der Waals surface area contributed by atoms with Crippen molar-refractivity contribution in [2.45, 2.75) is 0 Å². The quantitative estimate of drug-likeness (QED) is 0.190. The van der Waals surface area contributed by atoms with Crippen LogP contribution in [0.15, 0.2) is 146 Å². The van der Waals surface area contributed by atoms with E-state index in [0.717, 1.165) is 71.1 Å². The minimum Gasteiger partial charge on any atom is -0.496 e. The fraction of sp³-hybridized carbons (Fsp3) is 0.0244. The van der Waals surface area contributed by atoms with Crippen LogP contribution in [-0.4, -0.2) is 14.4 Å². The largest absolute Gasteiger partial charge is 0.864 e. The summed E-state index contributed by atoms with van der Waals surface area (Å²) in [6, 6.07) is 49.8. The summed E-state index contributed by atoms with van der Waals surface area (Å²) in [7, 11) is 0.641. The lowest BCUT2D eigenvalue weighted by Gasteiger charge is -2.21. The van der Waals surface area contributed by atoms with Crippen molar-refractivity contribution < 1.29 is 18.7 Å². The van der Waals surface area contributed by atoms with Crippen molar-refractivity contribution in [1.82, 2.24) is 0 Å². The summed E-state index contributed by atoms with van der Waals surface area (Å²) < 4.78 is 26.1. The van der Waals surface area contributed by atoms with Gasteiger partial charge in [-0.05, 0) is 67.4 Å². The van der Waals surface area contributed by atoms with E-state index in [1.807, 2.05) is 30.3 Å². The Morgan fingerprint density at radius 3 is 1.22 bits per heavy atom. The van der Waals surface area contributed by atoms with Gasteiger partial charge in [-0.3, -0.25) is 0 Å². The van der Waals surface area contributed by atoms with E-state index in [2.05, 4.69) is 115 Å². The van der Waals surface area contributed by atoms with Crippen LogP contribution >= 0.6 is 0 Å². The van der Waals surface area contributed by atoms with E-state index in [4.69, 9.17) is 18.7 Å². The van der Waals surface area contributed by atoms with Crippen molar-refractivity contribution in [3.05, 3.63) is 146 Å². The SMILES string of the molecule is COc1ccc2ccccc2c1-c1c(OB2Oc3ccc4ccccc4c3-c3c(ccc4ccccc34)O2)ccc2ccccc12. The molecule has 0 spiro atoms. The van der Waals surface area contributed by atoms with Crippen molar-refractivity contribution in [3.8, 4) is 45.3 Å². The van der Waals surface area contributed by atoms with Crippen LogP contribution in [0, 0.1) is 0 Å². The van der Waals surface area contributed by atoms with E-state index in [-0.39, 0.29) is 0 Å². The fourth-order valence-corrected chi connectivity index (χ4v) is 6.89. The molecule has 1 aliphatic heterocycles. The first-order valence-corrected chi connectivity index (χ1v) is 15.4. The number of fused-ring (bicyclic) bond motifs is 9. The van der Waals surface area contributed by atoms with E-state index in [1.165, 1.54) is 0 Å². The molecule has 0 aliphatic carbocycles. The molecule has 0 radical (unpaired) electrons. The Morgan fingerprint density at radius 1 is 0.391 bits per heavy atom. The minimum absolute atomic E-state index is 0.630. The molecule has 46 heavy (non-hydrogen) atoms. The Bertz CT molecular complexity index is 2380. The standard InChI is InChI=1S/C41H27BO4/c1-43-34-22-18-26-10-2-6-14-30(26)38(34)39-31-15-7-3-11-27(31)19-23-35(39)44-42-45-36-24-20-28-12-4-8-16-32(28)40(36)41-33-17-9-5-13-29(33)21-25-37(41)46-42/h2-25H,1H3. The van der Waals surface area contributed by atoms with Crippen molar-refractivity contribution in [2.75, 3.05) is 7.11 Å². The molecule has 0 saturated heterocycles. The molecule has 1 heterocycles. The topological polar surface area (TPSA) is 36.9 Å². The molecule has 0 unspecified atom stereocenters. The third-order valence-corrected chi connectivity index (χ3v) is 8.95. The van der Waals surface area contributed by atoms with Gasteiger partial charge in [-0.15, -0.1) is 0 Å². The molecule has 4 nitrogen and oxygen atoms in total. The molecule has 0 aromatic heterocycles. The molecular formula is C41H27BO4. The number of benzene rings is 8. The molecular weight excluding hydrogens is 567 g/mol. The highest BCUT2D eigenvalue weighted by atomic mass is 16.7. The molecule has 0 saturated carbocycles. The van der Waals surface area contributed by atoms with Gasteiger partial charge in [0.2, 0.25) is 0 Å². The number of hydrogen-bond acceptors (Lipinski definition) is 4. The predicted molar refractivity (Wildman–Crippen MR) is 188 cm³/mol. The molecule has 0 fully saturated rings. The molecule has 0 bridgehead atoms. The van der Waals surface area contributed by atoms with Crippen LogP contribution in [-0.2, 0) is 0 Å². The lowest BCUT2D eigenvalue weighted by atomic mass is 9.92. The van der Waals surface area contributed by atoms with Gasteiger partial charge in [0, 0.05) is 22.3 Å². The number of rotatable bonds is 4.